The van der Waals surface area contributed by atoms with Crippen LogP contribution in [0.3, 0.4) is 0 Å². The van der Waals surface area contributed by atoms with Crippen molar-refractivity contribution in [2.75, 3.05) is 0 Å². The average Bonchev–Trinajstić information content (AvgIpc) is 2.29. The van der Waals surface area contributed by atoms with E-state index in [2.05, 4.69) is 36.8 Å². The predicted molar refractivity (Wildman–Crippen MR) is 77.5 cm³/mol. The minimum atomic E-state index is -0.0631. The van der Waals surface area contributed by atoms with Crippen LogP contribution in [0.1, 0.15) is 0 Å². The predicted octanol–water partition coefficient (Wildman–Crippen LogP) is 4.21. The highest BCUT2D eigenvalue weighted by atomic mass is 79.9. The van der Waals surface area contributed by atoms with Gasteiger partial charge in [0.05, 0.1) is 5.52 Å². The van der Waals surface area contributed by atoms with Crippen LogP contribution in [-0.2, 0) is 0 Å². The quantitative estimate of drug-likeness (QED) is 0.604. The lowest BCUT2D eigenvalue weighted by Gasteiger charge is -2.04. The molecule has 0 amide bonds. The summed E-state index contributed by atoms with van der Waals surface area (Å²) in [5.41, 5.74) is 0.783. The Balaban J connectivity index is 2.60. The van der Waals surface area contributed by atoms with E-state index in [4.69, 9.17) is 0 Å². The molecule has 0 unspecified atom stereocenters. The zero-order valence-electron chi connectivity index (χ0n) is 8.63. The van der Waals surface area contributed by atoms with Crippen LogP contribution in [0.5, 0.6) is 0 Å². The molecular weight excluding hydrogens is 346 g/mol. The molecule has 0 aliphatic carbocycles. The number of fused-ring (bicyclic) bond motifs is 3. The largest absolute Gasteiger partial charge is 0.321 e. The van der Waals surface area contributed by atoms with Gasteiger partial charge in [-0.1, -0.05) is 44.0 Å². The molecule has 0 fully saturated rings. The molecule has 3 rings (SSSR count). The number of rotatable bonds is 0. The SMILES string of the molecule is O=c1[nH]c2cc(Br)ccc2c2ccc(Br)cc12. The number of pyridine rings is 1. The van der Waals surface area contributed by atoms with Crippen molar-refractivity contribution in [2.24, 2.45) is 0 Å². The molecular formula is C13H7Br2NO. The van der Waals surface area contributed by atoms with Gasteiger partial charge in [0.2, 0.25) is 0 Å². The lowest BCUT2D eigenvalue weighted by atomic mass is 10.1. The Morgan fingerprint density at radius 3 is 2.24 bits per heavy atom. The first-order valence-corrected chi connectivity index (χ1v) is 6.64. The Hall–Kier alpha value is -1.13. The summed E-state index contributed by atoms with van der Waals surface area (Å²) >= 11 is 6.79. The lowest BCUT2D eigenvalue weighted by Crippen LogP contribution is -2.06. The number of nitrogens with one attached hydrogen (secondary N) is 1. The summed E-state index contributed by atoms with van der Waals surface area (Å²) in [5.74, 6) is 0. The topological polar surface area (TPSA) is 32.9 Å². The van der Waals surface area contributed by atoms with E-state index in [1.54, 1.807) is 0 Å². The zero-order valence-corrected chi connectivity index (χ0v) is 11.8. The Morgan fingerprint density at radius 2 is 1.47 bits per heavy atom. The first-order chi connectivity index (χ1) is 8.15. The van der Waals surface area contributed by atoms with Crippen LogP contribution in [0, 0.1) is 0 Å². The average molecular weight is 353 g/mol. The second-order valence-electron chi connectivity index (χ2n) is 3.83. The molecule has 2 nitrogen and oxygen atoms in total. The highest BCUT2D eigenvalue weighted by molar-refractivity contribution is 9.10. The normalized spacial score (nSPS) is 11.2. The third-order valence-corrected chi connectivity index (χ3v) is 3.73. The summed E-state index contributed by atoms with van der Waals surface area (Å²) in [4.78, 5) is 14.9. The van der Waals surface area contributed by atoms with E-state index in [9.17, 15) is 4.79 Å². The molecule has 0 aliphatic rings. The maximum atomic E-state index is 12.0. The fraction of sp³-hybridized carbons (Fsp3) is 0. The first-order valence-electron chi connectivity index (χ1n) is 5.06. The molecule has 0 spiro atoms. The first kappa shape index (κ1) is 11.0. The van der Waals surface area contributed by atoms with Gasteiger partial charge in [-0.2, -0.15) is 0 Å². The molecule has 0 saturated heterocycles. The summed E-state index contributed by atoms with van der Waals surface area (Å²) in [7, 11) is 0. The third-order valence-electron chi connectivity index (χ3n) is 2.75. The molecule has 84 valence electrons. The second-order valence-corrected chi connectivity index (χ2v) is 5.67. The van der Waals surface area contributed by atoms with E-state index >= 15 is 0 Å². The maximum absolute atomic E-state index is 12.0. The fourth-order valence-corrected chi connectivity index (χ4v) is 2.71. The molecule has 0 aliphatic heterocycles. The Morgan fingerprint density at radius 1 is 0.824 bits per heavy atom. The Labute approximate surface area is 114 Å². The van der Waals surface area contributed by atoms with Crippen molar-refractivity contribution in [3.05, 3.63) is 55.7 Å². The molecule has 3 aromatic rings. The number of benzene rings is 2. The molecule has 0 radical (unpaired) electrons. The monoisotopic (exact) mass is 351 g/mol. The van der Waals surface area contributed by atoms with E-state index in [0.717, 1.165) is 25.2 Å². The molecule has 2 aromatic carbocycles. The van der Waals surface area contributed by atoms with E-state index in [0.29, 0.717) is 5.39 Å². The summed E-state index contributed by atoms with van der Waals surface area (Å²) in [6.07, 6.45) is 0. The van der Waals surface area contributed by atoms with Gasteiger partial charge in [-0.05, 0) is 29.7 Å². The number of hydrogen-bond acceptors (Lipinski definition) is 1. The Kier molecular flexibility index (Phi) is 2.56. The Bertz CT molecular complexity index is 792. The van der Waals surface area contributed by atoms with Gasteiger partial charge in [0.25, 0.3) is 5.56 Å². The standard InChI is InChI=1S/C13H7Br2NO/c14-7-1-3-9-10-4-2-8(15)6-12(10)16-13(17)11(9)5-7/h1-6H,(H,16,17). The van der Waals surface area contributed by atoms with Crippen molar-refractivity contribution < 1.29 is 0 Å². The van der Waals surface area contributed by atoms with Crippen LogP contribution in [0.15, 0.2) is 50.1 Å². The number of H-pyrrole nitrogens is 1. The van der Waals surface area contributed by atoms with Gasteiger partial charge in [-0.15, -0.1) is 0 Å². The van der Waals surface area contributed by atoms with Crippen LogP contribution < -0.4 is 5.56 Å². The highest BCUT2D eigenvalue weighted by Gasteiger charge is 2.05. The van der Waals surface area contributed by atoms with Gasteiger partial charge in [0.1, 0.15) is 0 Å². The van der Waals surface area contributed by atoms with Crippen LogP contribution in [0.25, 0.3) is 21.7 Å². The van der Waals surface area contributed by atoms with Crippen LogP contribution in [-0.4, -0.2) is 4.98 Å². The van der Waals surface area contributed by atoms with Gasteiger partial charge >= 0.3 is 0 Å². The molecule has 1 N–H and O–H groups in total. The fourth-order valence-electron chi connectivity index (χ4n) is 1.98. The maximum Gasteiger partial charge on any atom is 0.256 e. The number of aromatic amines is 1. The van der Waals surface area contributed by atoms with E-state index in [1.807, 2.05) is 36.4 Å². The van der Waals surface area contributed by atoms with E-state index < -0.39 is 0 Å². The minimum absolute atomic E-state index is 0.0631. The van der Waals surface area contributed by atoms with Crippen LogP contribution in [0.4, 0.5) is 0 Å². The molecule has 17 heavy (non-hydrogen) atoms. The highest BCUT2D eigenvalue weighted by Crippen LogP contribution is 2.25. The summed E-state index contributed by atoms with van der Waals surface area (Å²) in [5, 5.41) is 2.73. The lowest BCUT2D eigenvalue weighted by molar-refractivity contribution is 1.34. The molecule has 0 atom stereocenters. The molecule has 1 heterocycles. The molecule has 0 bridgehead atoms. The van der Waals surface area contributed by atoms with Gasteiger partial charge in [-0.3, -0.25) is 4.79 Å². The van der Waals surface area contributed by atoms with Crippen molar-refractivity contribution in [1.82, 2.24) is 4.98 Å². The van der Waals surface area contributed by atoms with E-state index in [-0.39, 0.29) is 5.56 Å². The van der Waals surface area contributed by atoms with Crippen molar-refractivity contribution in [2.45, 2.75) is 0 Å². The smallest absolute Gasteiger partial charge is 0.256 e. The summed E-state index contributed by atoms with van der Waals surface area (Å²) in [6.45, 7) is 0. The second kappa shape index (κ2) is 3.96. The number of aromatic nitrogens is 1. The van der Waals surface area contributed by atoms with Crippen molar-refractivity contribution in [1.29, 1.82) is 0 Å². The van der Waals surface area contributed by atoms with Crippen LogP contribution >= 0.6 is 31.9 Å². The van der Waals surface area contributed by atoms with E-state index in [1.165, 1.54) is 0 Å². The minimum Gasteiger partial charge on any atom is -0.321 e. The summed E-state index contributed by atoms with van der Waals surface area (Å²) < 4.78 is 1.86. The van der Waals surface area contributed by atoms with Gasteiger partial charge in [0.15, 0.2) is 0 Å². The van der Waals surface area contributed by atoms with Gasteiger partial charge < -0.3 is 4.98 Å². The number of halogens is 2. The molecule has 0 saturated carbocycles. The molecule has 1 aromatic heterocycles. The van der Waals surface area contributed by atoms with Crippen molar-refractivity contribution >= 4 is 53.5 Å². The third kappa shape index (κ3) is 1.81. The van der Waals surface area contributed by atoms with Gasteiger partial charge in [0, 0.05) is 19.7 Å². The number of hydrogen-bond donors (Lipinski definition) is 1. The van der Waals surface area contributed by atoms with Crippen molar-refractivity contribution in [3.8, 4) is 0 Å². The van der Waals surface area contributed by atoms with Gasteiger partial charge in [-0.25, -0.2) is 0 Å². The van der Waals surface area contributed by atoms with Crippen LogP contribution in [0.2, 0.25) is 0 Å². The summed E-state index contributed by atoms with van der Waals surface area (Å²) in [6, 6.07) is 11.6. The van der Waals surface area contributed by atoms with Crippen molar-refractivity contribution in [3.63, 3.8) is 0 Å². The molecule has 4 heteroatoms. The zero-order chi connectivity index (χ0) is 12.0.